The fraction of sp³-hybridized carbons (Fsp3) is 0.0500. The summed E-state index contributed by atoms with van der Waals surface area (Å²) < 4.78 is 10.6. The van der Waals surface area contributed by atoms with E-state index in [-0.39, 0.29) is 0 Å². The van der Waals surface area contributed by atoms with Gasteiger partial charge in [0.2, 0.25) is 0 Å². The number of allylic oxidation sites excluding steroid dienone is 1. The lowest BCUT2D eigenvalue weighted by Crippen LogP contribution is -2.02. The number of benzene rings is 1. The number of furan rings is 1. The number of rotatable bonds is 4. The van der Waals surface area contributed by atoms with Gasteiger partial charge >= 0.3 is 5.97 Å². The fourth-order valence-electron chi connectivity index (χ4n) is 2.39. The number of ether oxygens (including phenoxy) is 1. The van der Waals surface area contributed by atoms with Crippen LogP contribution in [0.15, 0.2) is 65.2 Å². The first-order valence-corrected chi connectivity index (χ1v) is 7.53. The quantitative estimate of drug-likeness (QED) is 0.529. The van der Waals surface area contributed by atoms with Gasteiger partial charge in [0.25, 0.3) is 0 Å². The van der Waals surface area contributed by atoms with Gasteiger partial charge in [0, 0.05) is 17.8 Å². The highest BCUT2D eigenvalue weighted by Gasteiger charge is 2.15. The van der Waals surface area contributed by atoms with Crippen molar-refractivity contribution in [2.45, 2.75) is 0 Å². The topological polar surface area (TPSA) is 76.1 Å². The molecule has 0 saturated carbocycles. The molecular formula is C20H14N2O3. The molecule has 5 heteroatoms. The molecule has 0 unspecified atom stereocenters. The van der Waals surface area contributed by atoms with Gasteiger partial charge in [-0.3, -0.25) is 4.98 Å². The lowest BCUT2D eigenvalue weighted by atomic mass is 10.1. The van der Waals surface area contributed by atoms with E-state index in [0.29, 0.717) is 33.9 Å². The second-order valence-electron chi connectivity index (χ2n) is 5.12. The summed E-state index contributed by atoms with van der Waals surface area (Å²) in [6.07, 6.45) is 3.24. The number of hydrogen-bond acceptors (Lipinski definition) is 5. The Morgan fingerprint density at radius 2 is 1.96 bits per heavy atom. The van der Waals surface area contributed by atoms with Crippen molar-refractivity contribution < 1.29 is 13.9 Å². The Bertz CT molecular complexity index is 966. The number of carbonyl (C=O) groups is 1. The average molecular weight is 330 g/mol. The number of esters is 1. The van der Waals surface area contributed by atoms with Gasteiger partial charge in [-0.15, -0.1) is 0 Å². The number of aromatic nitrogens is 1. The molecule has 2 heterocycles. The highest BCUT2D eigenvalue weighted by atomic mass is 16.5. The van der Waals surface area contributed by atoms with Crippen LogP contribution in [0, 0.1) is 11.3 Å². The minimum Gasteiger partial charge on any atom is -0.465 e. The van der Waals surface area contributed by atoms with Gasteiger partial charge in [-0.1, -0.05) is 24.3 Å². The predicted octanol–water partition coefficient (Wildman–Crippen LogP) is 4.19. The lowest BCUT2D eigenvalue weighted by molar-refractivity contribution is 0.0601. The molecule has 0 amide bonds. The van der Waals surface area contributed by atoms with Crippen molar-refractivity contribution >= 4 is 17.6 Å². The largest absolute Gasteiger partial charge is 0.465 e. The van der Waals surface area contributed by atoms with Crippen LogP contribution in [0.25, 0.3) is 23.0 Å². The number of hydrogen-bond donors (Lipinski definition) is 0. The van der Waals surface area contributed by atoms with Crippen molar-refractivity contribution in [2.75, 3.05) is 7.11 Å². The third kappa shape index (κ3) is 3.48. The summed E-state index contributed by atoms with van der Waals surface area (Å²) in [6, 6.07) is 18.0. The molecule has 0 aliphatic heterocycles. The van der Waals surface area contributed by atoms with Gasteiger partial charge < -0.3 is 9.15 Å². The summed E-state index contributed by atoms with van der Waals surface area (Å²) in [6.45, 7) is 0. The predicted molar refractivity (Wildman–Crippen MR) is 93.2 cm³/mol. The molecule has 0 aliphatic rings. The Balaban J connectivity index is 1.98. The van der Waals surface area contributed by atoms with Crippen molar-refractivity contribution in [3.63, 3.8) is 0 Å². The van der Waals surface area contributed by atoms with E-state index in [2.05, 4.69) is 11.1 Å². The monoisotopic (exact) mass is 330 g/mol. The molecular weight excluding hydrogens is 316 g/mol. The third-order valence-electron chi connectivity index (χ3n) is 3.57. The average Bonchev–Trinajstić information content (AvgIpc) is 3.14. The number of methoxy groups -OCH3 is 1. The van der Waals surface area contributed by atoms with Gasteiger partial charge in [0.15, 0.2) is 0 Å². The van der Waals surface area contributed by atoms with Gasteiger partial charge in [0.05, 0.1) is 23.9 Å². The van der Waals surface area contributed by atoms with Crippen LogP contribution in [-0.2, 0) is 4.74 Å². The highest BCUT2D eigenvalue weighted by Crippen LogP contribution is 2.28. The van der Waals surface area contributed by atoms with Gasteiger partial charge in [-0.25, -0.2) is 4.79 Å². The molecule has 0 saturated heterocycles. The molecule has 0 atom stereocenters. The lowest BCUT2D eigenvalue weighted by Gasteiger charge is -2.04. The number of nitriles is 1. The Hall–Kier alpha value is -3.65. The summed E-state index contributed by atoms with van der Waals surface area (Å²) in [5, 5.41) is 9.35. The second kappa shape index (κ2) is 7.28. The van der Waals surface area contributed by atoms with Gasteiger partial charge in [0.1, 0.15) is 17.6 Å². The van der Waals surface area contributed by atoms with Crippen LogP contribution < -0.4 is 0 Å². The smallest absolute Gasteiger partial charge is 0.338 e. The molecule has 3 aromatic rings. The van der Waals surface area contributed by atoms with Crippen LogP contribution in [0.5, 0.6) is 0 Å². The van der Waals surface area contributed by atoms with Crippen molar-refractivity contribution in [1.29, 1.82) is 5.26 Å². The first-order chi connectivity index (χ1) is 12.2. The van der Waals surface area contributed by atoms with Crippen LogP contribution in [0.1, 0.15) is 21.8 Å². The van der Waals surface area contributed by atoms with Crippen LogP contribution in [0.3, 0.4) is 0 Å². The Kier molecular flexibility index (Phi) is 4.72. The number of nitrogens with zero attached hydrogens (tertiary/aromatic N) is 2. The highest BCUT2D eigenvalue weighted by molar-refractivity contribution is 5.96. The first-order valence-electron chi connectivity index (χ1n) is 7.53. The fourth-order valence-corrected chi connectivity index (χ4v) is 2.39. The molecule has 0 radical (unpaired) electrons. The van der Waals surface area contributed by atoms with Crippen molar-refractivity contribution in [3.8, 4) is 17.4 Å². The third-order valence-corrected chi connectivity index (χ3v) is 3.57. The summed E-state index contributed by atoms with van der Waals surface area (Å²) in [7, 11) is 1.33. The van der Waals surface area contributed by atoms with Crippen molar-refractivity contribution in [3.05, 3.63) is 77.8 Å². The summed E-state index contributed by atoms with van der Waals surface area (Å²) >= 11 is 0. The van der Waals surface area contributed by atoms with Crippen LogP contribution >= 0.6 is 0 Å². The van der Waals surface area contributed by atoms with Gasteiger partial charge in [-0.2, -0.15) is 5.26 Å². The van der Waals surface area contributed by atoms with Crippen molar-refractivity contribution in [2.24, 2.45) is 0 Å². The van der Waals surface area contributed by atoms with Crippen molar-refractivity contribution in [1.82, 2.24) is 4.98 Å². The molecule has 3 rings (SSSR count). The molecule has 1 aromatic carbocycles. The molecule has 0 N–H and O–H groups in total. The zero-order valence-electron chi connectivity index (χ0n) is 13.5. The molecule has 5 nitrogen and oxygen atoms in total. The maximum atomic E-state index is 11.9. The van der Waals surface area contributed by atoms with Gasteiger partial charge in [-0.05, 0) is 30.3 Å². The van der Waals surface area contributed by atoms with E-state index in [1.165, 1.54) is 7.11 Å². The standard InChI is InChI=1S/C20H14N2O3/c1-24-20(23)17-7-3-2-6-16(17)19-10-9-15(25-19)12-14(13-21)18-8-4-5-11-22-18/h2-12H,1H3/b14-12+. The molecule has 2 aromatic heterocycles. The molecule has 122 valence electrons. The Morgan fingerprint density at radius 1 is 1.16 bits per heavy atom. The maximum Gasteiger partial charge on any atom is 0.338 e. The normalized spacial score (nSPS) is 11.0. The minimum atomic E-state index is -0.435. The molecule has 25 heavy (non-hydrogen) atoms. The van der Waals surface area contributed by atoms with E-state index in [0.717, 1.165) is 0 Å². The van der Waals surface area contributed by atoms with Crippen LogP contribution in [-0.4, -0.2) is 18.1 Å². The van der Waals surface area contributed by atoms with Crippen LogP contribution in [0.2, 0.25) is 0 Å². The summed E-state index contributed by atoms with van der Waals surface area (Å²) in [5.74, 6) is 0.581. The number of pyridine rings is 1. The molecule has 0 bridgehead atoms. The zero-order valence-corrected chi connectivity index (χ0v) is 13.5. The van der Waals surface area contributed by atoms with Crippen LogP contribution in [0.4, 0.5) is 0 Å². The summed E-state index contributed by atoms with van der Waals surface area (Å²) in [4.78, 5) is 16.1. The number of carbonyl (C=O) groups excluding carboxylic acids is 1. The molecule has 0 aliphatic carbocycles. The maximum absolute atomic E-state index is 11.9. The summed E-state index contributed by atoms with van der Waals surface area (Å²) in [5.41, 5.74) is 2.01. The molecule has 0 fully saturated rings. The van der Waals surface area contributed by atoms with E-state index >= 15 is 0 Å². The Labute approximate surface area is 144 Å². The first kappa shape index (κ1) is 16.2. The minimum absolute atomic E-state index is 0.391. The second-order valence-corrected chi connectivity index (χ2v) is 5.12. The van der Waals surface area contributed by atoms with E-state index < -0.39 is 5.97 Å². The van der Waals surface area contributed by atoms with E-state index in [1.54, 1.807) is 54.7 Å². The zero-order chi connectivity index (χ0) is 17.6. The van der Waals surface area contributed by atoms with E-state index in [9.17, 15) is 10.1 Å². The van der Waals surface area contributed by atoms with E-state index in [4.69, 9.17) is 9.15 Å². The van der Waals surface area contributed by atoms with E-state index in [1.807, 2.05) is 12.1 Å². The SMILES string of the molecule is COC(=O)c1ccccc1-c1ccc(/C=C(\C#N)c2ccccn2)o1. The Morgan fingerprint density at radius 3 is 2.68 bits per heavy atom. The molecule has 0 spiro atoms.